The standard InChI is InChI=1S/C13H16N4O2S/c1-8-4-3-5-17(7-8)13(18)11-15-10(16-19-11)12-14-6-9(2)20-12/h6,8H,3-5,7H2,1-2H3. The van der Waals surface area contributed by atoms with E-state index in [1.165, 1.54) is 11.3 Å². The van der Waals surface area contributed by atoms with E-state index in [1.54, 1.807) is 11.1 Å². The first kappa shape index (κ1) is 13.2. The Morgan fingerprint density at radius 3 is 3.10 bits per heavy atom. The van der Waals surface area contributed by atoms with Crippen LogP contribution in [0.4, 0.5) is 0 Å². The second-order valence-corrected chi connectivity index (χ2v) is 6.43. The molecule has 6 nitrogen and oxygen atoms in total. The lowest BCUT2D eigenvalue weighted by molar-refractivity contribution is 0.0633. The van der Waals surface area contributed by atoms with E-state index in [-0.39, 0.29) is 11.8 Å². The van der Waals surface area contributed by atoms with Gasteiger partial charge in [0, 0.05) is 24.2 Å². The van der Waals surface area contributed by atoms with Gasteiger partial charge in [-0.3, -0.25) is 4.79 Å². The number of likely N-dealkylation sites (tertiary alicyclic amines) is 1. The predicted molar refractivity (Wildman–Crippen MR) is 74.4 cm³/mol. The zero-order valence-electron chi connectivity index (χ0n) is 11.5. The minimum atomic E-state index is -0.177. The van der Waals surface area contributed by atoms with Crippen molar-refractivity contribution in [2.75, 3.05) is 13.1 Å². The van der Waals surface area contributed by atoms with Gasteiger partial charge in [0.1, 0.15) is 0 Å². The lowest BCUT2D eigenvalue weighted by Crippen LogP contribution is -2.39. The summed E-state index contributed by atoms with van der Waals surface area (Å²) in [6, 6.07) is 0. The third-order valence-corrected chi connectivity index (χ3v) is 4.27. The normalized spacial score (nSPS) is 19.3. The third kappa shape index (κ3) is 2.58. The summed E-state index contributed by atoms with van der Waals surface area (Å²) in [4.78, 5) is 23.5. The van der Waals surface area contributed by atoms with Crippen LogP contribution in [0.15, 0.2) is 10.7 Å². The summed E-state index contributed by atoms with van der Waals surface area (Å²) in [6.07, 6.45) is 3.95. The van der Waals surface area contributed by atoms with Crippen molar-refractivity contribution in [3.63, 3.8) is 0 Å². The number of aryl methyl sites for hydroxylation is 1. The minimum Gasteiger partial charge on any atom is -0.334 e. The van der Waals surface area contributed by atoms with Gasteiger partial charge in [-0.25, -0.2) is 4.98 Å². The van der Waals surface area contributed by atoms with Gasteiger partial charge >= 0.3 is 11.8 Å². The predicted octanol–water partition coefficient (Wildman–Crippen LogP) is 2.37. The highest BCUT2D eigenvalue weighted by Gasteiger charge is 2.26. The van der Waals surface area contributed by atoms with Crippen LogP contribution in [0.1, 0.15) is 35.3 Å². The van der Waals surface area contributed by atoms with Gasteiger partial charge in [0.2, 0.25) is 5.82 Å². The van der Waals surface area contributed by atoms with Crippen LogP contribution in [-0.4, -0.2) is 39.0 Å². The molecular weight excluding hydrogens is 276 g/mol. The van der Waals surface area contributed by atoms with Gasteiger partial charge in [0.15, 0.2) is 5.01 Å². The van der Waals surface area contributed by atoms with Crippen molar-refractivity contribution in [2.24, 2.45) is 5.92 Å². The van der Waals surface area contributed by atoms with Crippen molar-refractivity contribution in [3.05, 3.63) is 17.0 Å². The van der Waals surface area contributed by atoms with Gasteiger partial charge in [-0.15, -0.1) is 11.3 Å². The van der Waals surface area contributed by atoms with E-state index in [1.807, 2.05) is 6.92 Å². The molecule has 2 aromatic rings. The molecule has 1 fully saturated rings. The number of carbonyl (C=O) groups is 1. The van der Waals surface area contributed by atoms with E-state index in [4.69, 9.17) is 4.52 Å². The molecule has 0 radical (unpaired) electrons. The number of hydrogen-bond acceptors (Lipinski definition) is 6. The Bertz CT molecular complexity index is 621. The van der Waals surface area contributed by atoms with Crippen LogP contribution in [0, 0.1) is 12.8 Å². The highest BCUT2D eigenvalue weighted by Crippen LogP contribution is 2.23. The third-order valence-electron chi connectivity index (χ3n) is 3.37. The van der Waals surface area contributed by atoms with Crippen LogP contribution in [-0.2, 0) is 0 Å². The summed E-state index contributed by atoms with van der Waals surface area (Å²) in [6.45, 7) is 5.63. The molecule has 3 heterocycles. The van der Waals surface area contributed by atoms with Crippen LogP contribution in [0.5, 0.6) is 0 Å². The summed E-state index contributed by atoms with van der Waals surface area (Å²) in [7, 11) is 0. The molecule has 0 aromatic carbocycles. The molecule has 2 aromatic heterocycles. The molecule has 1 amide bonds. The highest BCUT2D eigenvalue weighted by molar-refractivity contribution is 7.14. The first-order valence-electron chi connectivity index (χ1n) is 6.69. The largest absolute Gasteiger partial charge is 0.334 e. The number of piperidine rings is 1. The number of thiazole rings is 1. The maximum atomic E-state index is 12.3. The Morgan fingerprint density at radius 1 is 1.55 bits per heavy atom. The Balaban J connectivity index is 1.77. The molecule has 3 rings (SSSR count). The second-order valence-electron chi connectivity index (χ2n) is 5.20. The van der Waals surface area contributed by atoms with Crippen molar-refractivity contribution < 1.29 is 9.32 Å². The fourth-order valence-corrected chi connectivity index (χ4v) is 3.05. The van der Waals surface area contributed by atoms with Crippen molar-refractivity contribution in [3.8, 4) is 10.8 Å². The van der Waals surface area contributed by atoms with Gasteiger partial charge < -0.3 is 9.42 Å². The first-order valence-corrected chi connectivity index (χ1v) is 7.51. The number of aromatic nitrogens is 3. The van der Waals surface area contributed by atoms with E-state index >= 15 is 0 Å². The van der Waals surface area contributed by atoms with Gasteiger partial charge in [-0.1, -0.05) is 12.1 Å². The monoisotopic (exact) mass is 292 g/mol. The van der Waals surface area contributed by atoms with Gasteiger partial charge in [0.25, 0.3) is 0 Å². The molecule has 1 saturated heterocycles. The number of hydrogen-bond donors (Lipinski definition) is 0. The first-order chi connectivity index (χ1) is 9.63. The van der Waals surface area contributed by atoms with Crippen LogP contribution >= 0.6 is 11.3 Å². The van der Waals surface area contributed by atoms with Crippen LogP contribution in [0.3, 0.4) is 0 Å². The minimum absolute atomic E-state index is 0.0574. The van der Waals surface area contributed by atoms with E-state index < -0.39 is 0 Å². The van der Waals surface area contributed by atoms with Gasteiger partial charge in [0.05, 0.1) is 0 Å². The lowest BCUT2D eigenvalue weighted by atomic mass is 10.0. The molecule has 1 aliphatic rings. The van der Waals surface area contributed by atoms with Crippen molar-refractivity contribution in [1.29, 1.82) is 0 Å². The van der Waals surface area contributed by atoms with Gasteiger partial charge in [-0.2, -0.15) is 4.98 Å². The van der Waals surface area contributed by atoms with E-state index in [0.29, 0.717) is 16.7 Å². The molecule has 0 spiro atoms. The van der Waals surface area contributed by atoms with Crippen molar-refractivity contribution in [1.82, 2.24) is 20.0 Å². The van der Waals surface area contributed by atoms with Crippen molar-refractivity contribution in [2.45, 2.75) is 26.7 Å². The Hall–Kier alpha value is -1.76. The zero-order chi connectivity index (χ0) is 14.1. The summed E-state index contributed by atoms with van der Waals surface area (Å²) in [5.41, 5.74) is 0. The fourth-order valence-electron chi connectivity index (χ4n) is 2.36. The molecule has 7 heteroatoms. The molecule has 0 saturated carbocycles. The van der Waals surface area contributed by atoms with Crippen LogP contribution in [0.25, 0.3) is 10.8 Å². The number of rotatable bonds is 2. The maximum absolute atomic E-state index is 12.3. The molecule has 1 aliphatic heterocycles. The quantitative estimate of drug-likeness (QED) is 0.849. The van der Waals surface area contributed by atoms with E-state index in [2.05, 4.69) is 22.0 Å². The average molecular weight is 292 g/mol. The van der Waals surface area contributed by atoms with Crippen LogP contribution < -0.4 is 0 Å². The molecule has 0 aliphatic carbocycles. The lowest BCUT2D eigenvalue weighted by Gasteiger charge is -2.29. The molecule has 106 valence electrons. The summed E-state index contributed by atoms with van der Waals surface area (Å²) >= 11 is 1.48. The highest BCUT2D eigenvalue weighted by atomic mass is 32.1. The molecule has 1 unspecified atom stereocenters. The Kier molecular flexibility index (Phi) is 3.52. The van der Waals surface area contributed by atoms with E-state index in [0.717, 1.165) is 30.8 Å². The average Bonchev–Trinajstić information content (AvgIpc) is 3.06. The Labute approximate surface area is 120 Å². The van der Waals surface area contributed by atoms with Crippen molar-refractivity contribution >= 4 is 17.2 Å². The fraction of sp³-hybridized carbons (Fsp3) is 0.538. The molecule has 1 atom stereocenters. The molecule has 0 N–H and O–H groups in total. The van der Waals surface area contributed by atoms with Crippen LogP contribution in [0.2, 0.25) is 0 Å². The summed E-state index contributed by atoms with van der Waals surface area (Å²) in [5, 5.41) is 4.53. The SMILES string of the molecule is Cc1cnc(-c2noc(C(=O)N3CCCC(C)C3)n2)s1. The molecule has 20 heavy (non-hydrogen) atoms. The zero-order valence-corrected chi connectivity index (χ0v) is 12.3. The maximum Gasteiger partial charge on any atom is 0.316 e. The number of carbonyl (C=O) groups excluding carboxylic acids is 1. The molecular formula is C13H16N4O2S. The number of amides is 1. The summed E-state index contributed by atoms with van der Waals surface area (Å²) < 4.78 is 5.09. The summed E-state index contributed by atoms with van der Waals surface area (Å²) in [5.74, 6) is 0.791. The van der Waals surface area contributed by atoms with E-state index in [9.17, 15) is 4.79 Å². The Morgan fingerprint density at radius 2 is 2.40 bits per heavy atom. The second kappa shape index (κ2) is 5.32. The topological polar surface area (TPSA) is 72.1 Å². The number of nitrogens with zero attached hydrogens (tertiary/aromatic N) is 4. The molecule has 0 bridgehead atoms. The van der Waals surface area contributed by atoms with Gasteiger partial charge in [-0.05, 0) is 25.7 Å². The smallest absolute Gasteiger partial charge is 0.316 e.